The molecule has 1 rings (SSSR count). The number of aryl methyl sites for hydroxylation is 1. The van der Waals surface area contributed by atoms with E-state index in [0.717, 1.165) is 4.68 Å². The van der Waals surface area contributed by atoms with Crippen molar-refractivity contribution in [1.29, 1.82) is 0 Å². The highest BCUT2D eigenvalue weighted by Gasteiger charge is 2.26. The van der Waals surface area contributed by atoms with Crippen molar-refractivity contribution < 1.29 is 18.3 Å². The molecule has 1 heterocycles. The third kappa shape index (κ3) is 3.34. The highest BCUT2D eigenvalue weighted by atomic mass is 35.7. The molecule has 0 aromatic carbocycles. The molecule has 0 saturated carbocycles. The second kappa shape index (κ2) is 5.24. The summed E-state index contributed by atoms with van der Waals surface area (Å²) in [6.45, 7) is 1.32. The van der Waals surface area contributed by atoms with Gasteiger partial charge in [0.25, 0.3) is 9.05 Å². The summed E-state index contributed by atoms with van der Waals surface area (Å²) in [6, 6.07) is 0. The molecule has 0 amide bonds. The zero-order valence-electron chi connectivity index (χ0n) is 8.85. The third-order valence-corrected chi connectivity index (χ3v) is 3.81. The predicted octanol–water partition coefficient (Wildman–Crippen LogP) is 1.50. The molecule has 6 nitrogen and oxygen atoms in total. The molecule has 0 atom stereocenters. The maximum atomic E-state index is 11.3. The number of hydrogen-bond acceptors (Lipinski definition) is 4. The van der Waals surface area contributed by atoms with Gasteiger partial charge in [0.15, 0.2) is 0 Å². The Bertz CT molecular complexity index is 538. The summed E-state index contributed by atoms with van der Waals surface area (Å²) in [5.41, 5.74) is 0.189. The SMILES string of the molecule is CCCc1nn(CC(=O)O)c(Cl)c1S(=O)(=O)Cl. The fraction of sp³-hybridized carbons (Fsp3) is 0.500. The zero-order chi connectivity index (χ0) is 13.2. The largest absolute Gasteiger partial charge is 0.480 e. The Morgan fingerprint density at radius 2 is 2.12 bits per heavy atom. The van der Waals surface area contributed by atoms with Crippen molar-refractivity contribution in [3.05, 3.63) is 10.8 Å². The summed E-state index contributed by atoms with van der Waals surface area (Å²) < 4.78 is 23.6. The normalized spacial score (nSPS) is 11.7. The van der Waals surface area contributed by atoms with Crippen molar-refractivity contribution in [2.75, 3.05) is 0 Å². The molecule has 96 valence electrons. The van der Waals surface area contributed by atoms with Crippen LogP contribution in [0.15, 0.2) is 4.90 Å². The number of carboxylic acids is 1. The van der Waals surface area contributed by atoms with Gasteiger partial charge in [-0.15, -0.1) is 0 Å². The minimum Gasteiger partial charge on any atom is -0.480 e. The van der Waals surface area contributed by atoms with Gasteiger partial charge in [-0.05, 0) is 6.42 Å². The fourth-order valence-corrected chi connectivity index (χ4v) is 3.19. The first-order chi connectivity index (χ1) is 7.77. The van der Waals surface area contributed by atoms with E-state index in [0.29, 0.717) is 12.8 Å². The van der Waals surface area contributed by atoms with Crippen LogP contribution in [0.5, 0.6) is 0 Å². The van der Waals surface area contributed by atoms with Crippen LogP contribution in [-0.2, 0) is 26.8 Å². The second-order valence-corrected chi connectivity index (χ2v) is 6.17. The average Bonchev–Trinajstić information content (AvgIpc) is 2.41. The maximum absolute atomic E-state index is 11.3. The molecule has 0 aliphatic heterocycles. The van der Waals surface area contributed by atoms with Crippen molar-refractivity contribution in [2.24, 2.45) is 0 Å². The smallest absolute Gasteiger partial charge is 0.325 e. The van der Waals surface area contributed by atoms with E-state index in [-0.39, 0.29) is 15.7 Å². The van der Waals surface area contributed by atoms with Crippen molar-refractivity contribution in [3.63, 3.8) is 0 Å². The minimum absolute atomic E-state index is 0.189. The summed E-state index contributed by atoms with van der Waals surface area (Å²) >= 11 is 5.77. The van der Waals surface area contributed by atoms with Gasteiger partial charge in [0.05, 0.1) is 5.69 Å². The van der Waals surface area contributed by atoms with E-state index in [1.165, 1.54) is 0 Å². The summed E-state index contributed by atoms with van der Waals surface area (Å²) in [6.07, 6.45) is 0.993. The lowest BCUT2D eigenvalue weighted by Gasteiger charge is -1.97. The van der Waals surface area contributed by atoms with E-state index in [9.17, 15) is 13.2 Å². The molecule has 0 unspecified atom stereocenters. The Hall–Kier alpha value is -0.790. The monoisotopic (exact) mass is 300 g/mol. The molecule has 1 aromatic rings. The lowest BCUT2D eigenvalue weighted by atomic mass is 10.2. The van der Waals surface area contributed by atoms with E-state index in [4.69, 9.17) is 27.4 Å². The number of nitrogens with zero attached hydrogens (tertiary/aromatic N) is 2. The van der Waals surface area contributed by atoms with Crippen LogP contribution >= 0.6 is 22.3 Å². The van der Waals surface area contributed by atoms with Gasteiger partial charge in [0.1, 0.15) is 16.6 Å². The number of carbonyl (C=O) groups is 1. The summed E-state index contributed by atoms with van der Waals surface area (Å²) in [5.74, 6) is -1.17. The van der Waals surface area contributed by atoms with Gasteiger partial charge < -0.3 is 5.11 Å². The topological polar surface area (TPSA) is 89.3 Å². The van der Waals surface area contributed by atoms with Crippen molar-refractivity contribution in [2.45, 2.75) is 31.2 Å². The van der Waals surface area contributed by atoms with E-state index in [1.54, 1.807) is 0 Å². The molecule has 9 heteroatoms. The Morgan fingerprint density at radius 1 is 1.53 bits per heavy atom. The van der Waals surface area contributed by atoms with Gasteiger partial charge in [0, 0.05) is 10.7 Å². The van der Waals surface area contributed by atoms with Crippen molar-refractivity contribution in [1.82, 2.24) is 9.78 Å². The summed E-state index contributed by atoms with van der Waals surface area (Å²) in [7, 11) is 1.20. The van der Waals surface area contributed by atoms with E-state index >= 15 is 0 Å². The summed E-state index contributed by atoms with van der Waals surface area (Å²) in [5, 5.41) is 12.2. The van der Waals surface area contributed by atoms with Gasteiger partial charge in [-0.25, -0.2) is 13.1 Å². The van der Waals surface area contributed by atoms with Crippen LogP contribution in [0.4, 0.5) is 0 Å². The first kappa shape index (κ1) is 14.3. The Morgan fingerprint density at radius 3 is 2.53 bits per heavy atom. The predicted molar refractivity (Wildman–Crippen MR) is 61.9 cm³/mol. The zero-order valence-corrected chi connectivity index (χ0v) is 11.2. The summed E-state index contributed by atoms with van der Waals surface area (Å²) in [4.78, 5) is 10.2. The number of carboxylic acid groups (broad SMARTS) is 1. The van der Waals surface area contributed by atoms with Gasteiger partial charge in [-0.1, -0.05) is 24.9 Å². The van der Waals surface area contributed by atoms with Crippen LogP contribution in [0, 0.1) is 0 Å². The van der Waals surface area contributed by atoms with Gasteiger partial charge in [-0.2, -0.15) is 5.10 Å². The molecule has 1 aromatic heterocycles. The third-order valence-electron chi connectivity index (χ3n) is 1.93. The molecule has 0 radical (unpaired) electrons. The molecule has 17 heavy (non-hydrogen) atoms. The van der Waals surface area contributed by atoms with E-state index < -0.39 is 21.6 Å². The van der Waals surface area contributed by atoms with Crippen LogP contribution in [-0.4, -0.2) is 29.3 Å². The van der Waals surface area contributed by atoms with Gasteiger partial charge >= 0.3 is 5.97 Å². The van der Waals surface area contributed by atoms with Crippen LogP contribution < -0.4 is 0 Å². The molecular weight excluding hydrogens is 291 g/mol. The number of aromatic nitrogens is 2. The lowest BCUT2D eigenvalue weighted by molar-refractivity contribution is -0.137. The average molecular weight is 301 g/mol. The fourth-order valence-electron chi connectivity index (χ4n) is 1.35. The molecule has 1 N–H and O–H groups in total. The molecule has 0 spiro atoms. The Labute approximate surface area is 108 Å². The van der Waals surface area contributed by atoms with Crippen molar-refractivity contribution in [3.8, 4) is 0 Å². The molecule has 0 aliphatic carbocycles. The lowest BCUT2D eigenvalue weighted by Crippen LogP contribution is -2.10. The standard InChI is InChI=1S/C8H10Cl2N2O4S/c1-2-3-5-7(17(10,15)16)8(9)12(11-5)4-6(13)14/h2-4H2,1H3,(H,13,14). The second-order valence-electron chi connectivity index (χ2n) is 3.31. The van der Waals surface area contributed by atoms with Gasteiger partial charge in [0.2, 0.25) is 0 Å². The number of halogens is 2. The van der Waals surface area contributed by atoms with E-state index in [2.05, 4.69) is 5.10 Å². The molecule has 0 fully saturated rings. The minimum atomic E-state index is -4.04. The van der Waals surface area contributed by atoms with Crippen LogP contribution in [0.2, 0.25) is 5.15 Å². The van der Waals surface area contributed by atoms with Crippen molar-refractivity contribution >= 4 is 37.3 Å². The maximum Gasteiger partial charge on any atom is 0.325 e. The first-order valence-electron chi connectivity index (χ1n) is 4.69. The van der Waals surface area contributed by atoms with Crippen LogP contribution in [0.3, 0.4) is 0 Å². The Balaban J connectivity index is 3.35. The van der Waals surface area contributed by atoms with Crippen LogP contribution in [0.25, 0.3) is 0 Å². The van der Waals surface area contributed by atoms with Crippen LogP contribution in [0.1, 0.15) is 19.0 Å². The number of rotatable bonds is 5. The Kier molecular flexibility index (Phi) is 4.40. The van der Waals surface area contributed by atoms with E-state index in [1.807, 2.05) is 6.92 Å². The highest BCUT2D eigenvalue weighted by Crippen LogP contribution is 2.29. The molecule has 0 bridgehead atoms. The number of aliphatic carboxylic acids is 1. The molecule has 0 saturated heterocycles. The first-order valence-corrected chi connectivity index (χ1v) is 7.37. The quantitative estimate of drug-likeness (QED) is 0.832. The number of hydrogen-bond donors (Lipinski definition) is 1. The molecular formula is C8H10Cl2N2O4S. The molecule has 0 aliphatic rings. The highest BCUT2D eigenvalue weighted by molar-refractivity contribution is 8.13. The van der Waals surface area contributed by atoms with Gasteiger partial charge in [-0.3, -0.25) is 4.79 Å².